The third-order valence-electron chi connectivity index (χ3n) is 2.36. The summed E-state index contributed by atoms with van der Waals surface area (Å²) in [5.41, 5.74) is 1.43. The van der Waals surface area contributed by atoms with E-state index in [-0.39, 0.29) is 13.0 Å². The molecule has 0 heterocycles. The molecule has 1 unspecified atom stereocenters. The molecule has 1 atom stereocenters. The molecule has 0 spiro atoms. The number of carbonyl (C=O) groups excluding carboxylic acids is 1. The summed E-state index contributed by atoms with van der Waals surface area (Å²) < 4.78 is 0. The lowest BCUT2D eigenvalue weighted by molar-refractivity contribution is -0.146. The van der Waals surface area contributed by atoms with Gasteiger partial charge in [0.05, 0.1) is 10.7 Å². The summed E-state index contributed by atoms with van der Waals surface area (Å²) in [5.74, 6) is -1.32. The molecule has 1 aromatic carbocycles. The molecule has 7 heteroatoms. The first-order valence-corrected chi connectivity index (χ1v) is 6.00. The number of aliphatic carboxylic acids is 1. The van der Waals surface area contributed by atoms with Crippen LogP contribution in [-0.4, -0.2) is 34.9 Å². The van der Waals surface area contributed by atoms with Gasteiger partial charge in [-0.15, -0.1) is 0 Å². The molecule has 2 amide bonds. The van der Waals surface area contributed by atoms with Crippen LogP contribution in [0, 0.1) is 6.92 Å². The Kier molecular flexibility index (Phi) is 5.59. The predicted molar refractivity (Wildman–Crippen MR) is 71.5 cm³/mol. The van der Waals surface area contributed by atoms with E-state index in [1.54, 1.807) is 18.2 Å². The zero-order valence-electron chi connectivity index (χ0n) is 10.3. The first-order valence-electron chi connectivity index (χ1n) is 5.62. The molecule has 19 heavy (non-hydrogen) atoms. The van der Waals surface area contributed by atoms with Gasteiger partial charge < -0.3 is 20.8 Å². The van der Waals surface area contributed by atoms with E-state index in [9.17, 15) is 9.59 Å². The van der Waals surface area contributed by atoms with Gasteiger partial charge >= 0.3 is 12.0 Å². The number of anilines is 1. The van der Waals surface area contributed by atoms with E-state index in [2.05, 4.69) is 10.6 Å². The second-order valence-electron chi connectivity index (χ2n) is 4.01. The Morgan fingerprint density at radius 1 is 1.42 bits per heavy atom. The lowest BCUT2D eigenvalue weighted by Gasteiger charge is -2.10. The minimum Gasteiger partial charge on any atom is -0.479 e. The molecule has 6 nitrogen and oxygen atoms in total. The van der Waals surface area contributed by atoms with E-state index in [0.717, 1.165) is 5.56 Å². The first-order chi connectivity index (χ1) is 8.90. The minimum atomic E-state index is -1.48. The van der Waals surface area contributed by atoms with E-state index < -0.39 is 18.1 Å². The second kappa shape index (κ2) is 6.96. The van der Waals surface area contributed by atoms with E-state index in [1.165, 1.54) is 0 Å². The first kappa shape index (κ1) is 15.3. The summed E-state index contributed by atoms with van der Waals surface area (Å²) >= 11 is 5.94. The third kappa shape index (κ3) is 5.15. The number of halogens is 1. The Bertz CT molecular complexity index is 479. The Labute approximate surface area is 115 Å². The number of hydrogen-bond donors (Lipinski definition) is 4. The van der Waals surface area contributed by atoms with Crippen molar-refractivity contribution in [1.82, 2.24) is 5.32 Å². The molecule has 0 saturated heterocycles. The van der Waals surface area contributed by atoms with Gasteiger partial charge in [0, 0.05) is 13.0 Å². The molecule has 1 rings (SSSR count). The fourth-order valence-corrected chi connectivity index (χ4v) is 1.62. The molecule has 0 fully saturated rings. The number of carboxylic acid groups (broad SMARTS) is 1. The van der Waals surface area contributed by atoms with Gasteiger partial charge in [-0.05, 0) is 24.6 Å². The van der Waals surface area contributed by atoms with Gasteiger partial charge in [0.1, 0.15) is 0 Å². The van der Waals surface area contributed by atoms with Crippen LogP contribution in [-0.2, 0) is 4.79 Å². The number of amides is 2. The van der Waals surface area contributed by atoms with Crippen molar-refractivity contribution < 1.29 is 19.8 Å². The number of hydrogen-bond acceptors (Lipinski definition) is 3. The summed E-state index contributed by atoms with van der Waals surface area (Å²) in [5, 5.41) is 22.8. The van der Waals surface area contributed by atoms with Crippen molar-refractivity contribution in [2.45, 2.75) is 19.4 Å². The molecule has 0 saturated carbocycles. The number of aliphatic hydroxyl groups is 1. The van der Waals surface area contributed by atoms with Crippen molar-refractivity contribution in [3.8, 4) is 0 Å². The van der Waals surface area contributed by atoms with Crippen molar-refractivity contribution in [3.63, 3.8) is 0 Å². The molecule has 0 aliphatic carbocycles. The number of rotatable bonds is 5. The Morgan fingerprint density at radius 2 is 2.11 bits per heavy atom. The number of aryl methyl sites for hydroxylation is 1. The normalized spacial score (nSPS) is 11.7. The standard InChI is InChI=1S/C12H15ClN2O4/c1-7-2-3-9(8(13)6-7)15-12(19)14-5-4-10(16)11(17)18/h2-3,6,10,16H,4-5H2,1H3,(H,17,18)(H2,14,15,19). The van der Waals surface area contributed by atoms with Crippen molar-refractivity contribution in [1.29, 1.82) is 0 Å². The average Bonchev–Trinajstić information content (AvgIpc) is 2.32. The second-order valence-corrected chi connectivity index (χ2v) is 4.41. The topological polar surface area (TPSA) is 98.7 Å². The van der Waals surface area contributed by atoms with Gasteiger partial charge in [0.2, 0.25) is 0 Å². The fourth-order valence-electron chi connectivity index (χ4n) is 1.33. The smallest absolute Gasteiger partial charge is 0.332 e. The molecular formula is C12H15ClN2O4. The largest absolute Gasteiger partial charge is 0.479 e. The molecule has 4 N–H and O–H groups in total. The van der Waals surface area contributed by atoms with Crippen LogP contribution in [0.5, 0.6) is 0 Å². The van der Waals surface area contributed by atoms with Crippen LogP contribution in [0.3, 0.4) is 0 Å². The molecule has 0 radical (unpaired) electrons. The third-order valence-corrected chi connectivity index (χ3v) is 2.67. The summed E-state index contributed by atoms with van der Waals surface area (Å²) in [6.07, 6.45) is -1.55. The Morgan fingerprint density at radius 3 is 2.68 bits per heavy atom. The highest BCUT2D eigenvalue weighted by Crippen LogP contribution is 2.22. The molecule has 104 valence electrons. The lowest BCUT2D eigenvalue weighted by Crippen LogP contribution is -2.33. The summed E-state index contributed by atoms with van der Waals surface area (Å²) in [6, 6.07) is 4.67. The van der Waals surface area contributed by atoms with Gasteiger partial charge in [-0.25, -0.2) is 9.59 Å². The van der Waals surface area contributed by atoms with Crippen LogP contribution >= 0.6 is 11.6 Å². The van der Waals surface area contributed by atoms with E-state index in [4.69, 9.17) is 21.8 Å². The predicted octanol–water partition coefficient (Wildman–Crippen LogP) is 1.61. The SMILES string of the molecule is Cc1ccc(NC(=O)NCCC(O)C(=O)O)c(Cl)c1. The molecular weight excluding hydrogens is 272 g/mol. The molecule has 0 aliphatic heterocycles. The monoisotopic (exact) mass is 286 g/mol. The van der Waals surface area contributed by atoms with Gasteiger partial charge in [-0.3, -0.25) is 0 Å². The van der Waals surface area contributed by atoms with Crippen molar-refractivity contribution in [2.24, 2.45) is 0 Å². The van der Waals surface area contributed by atoms with E-state index >= 15 is 0 Å². The number of benzene rings is 1. The Hall–Kier alpha value is -1.79. The maximum absolute atomic E-state index is 11.5. The zero-order valence-corrected chi connectivity index (χ0v) is 11.1. The lowest BCUT2D eigenvalue weighted by atomic mass is 10.2. The summed E-state index contributed by atoms with van der Waals surface area (Å²) in [6.45, 7) is 1.92. The van der Waals surface area contributed by atoms with Crippen LogP contribution in [0.1, 0.15) is 12.0 Å². The highest BCUT2D eigenvalue weighted by molar-refractivity contribution is 6.33. The van der Waals surface area contributed by atoms with E-state index in [1.807, 2.05) is 6.92 Å². The maximum atomic E-state index is 11.5. The van der Waals surface area contributed by atoms with Gasteiger partial charge in [-0.1, -0.05) is 17.7 Å². The van der Waals surface area contributed by atoms with E-state index in [0.29, 0.717) is 10.7 Å². The molecule has 0 bridgehead atoms. The van der Waals surface area contributed by atoms with Crippen molar-refractivity contribution in [3.05, 3.63) is 28.8 Å². The minimum absolute atomic E-state index is 0.0444. The number of carboxylic acids is 1. The van der Waals surface area contributed by atoms with Crippen LogP contribution in [0.25, 0.3) is 0 Å². The zero-order chi connectivity index (χ0) is 14.4. The van der Waals surface area contributed by atoms with Gasteiger partial charge in [-0.2, -0.15) is 0 Å². The van der Waals surface area contributed by atoms with Crippen LogP contribution in [0.2, 0.25) is 5.02 Å². The molecule has 1 aromatic rings. The van der Waals surface area contributed by atoms with Gasteiger partial charge in [0.15, 0.2) is 6.10 Å². The average molecular weight is 287 g/mol. The van der Waals surface area contributed by atoms with Crippen molar-refractivity contribution in [2.75, 3.05) is 11.9 Å². The molecule has 0 aromatic heterocycles. The van der Waals surface area contributed by atoms with Crippen LogP contribution < -0.4 is 10.6 Å². The maximum Gasteiger partial charge on any atom is 0.332 e. The van der Waals surface area contributed by atoms with Crippen molar-refractivity contribution >= 4 is 29.3 Å². The number of nitrogens with one attached hydrogen (secondary N) is 2. The summed E-state index contributed by atoms with van der Waals surface area (Å²) in [4.78, 5) is 21.8. The Balaban J connectivity index is 2.41. The number of urea groups is 1. The van der Waals surface area contributed by atoms with Crippen LogP contribution in [0.4, 0.5) is 10.5 Å². The van der Waals surface area contributed by atoms with Crippen LogP contribution in [0.15, 0.2) is 18.2 Å². The number of carbonyl (C=O) groups is 2. The quantitative estimate of drug-likeness (QED) is 0.661. The van der Waals surface area contributed by atoms with Gasteiger partial charge in [0.25, 0.3) is 0 Å². The fraction of sp³-hybridized carbons (Fsp3) is 0.333. The molecule has 0 aliphatic rings. The number of aliphatic hydroxyl groups excluding tert-OH is 1. The highest BCUT2D eigenvalue weighted by Gasteiger charge is 2.13. The summed E-state index contributed by atoms with van der Waals surface area (Å²) in [7, 11) is 0. The highest BCUT2D eigenvalue weighted by atomic mass is 35.5.